The summed E-state index contributed by atoms with van der Waals surface area (Å²) in [7, 11) is -3.03. The third kappa shape index (κ3) is 6.45. The average Bonchev–Trinajstić information content (AvgIpc) is 3.29. The van der Waals surface area contributed by atoms with E-state index in [2.05, 4.69) is 25.9 Å². The third-order valence-corrected chi connectivity index (χ3v) is 7.61. The Labute approximate surface area is 195 Å². The molecule has 3 aromatic rings. The van der Waals surface area contributed by atoms with Crippen LogP contribution in [0.25, 0.3) is 10.4 Å². The van der Waals surface area contributed by atoms with E-state index in [1.165, 1.54) is 0 Å². The van der Waals surface area contributed by atoms with E-state index in [0.29, 0.717) is 23.0 Å². The van der Waals surface area contributed by atoms with E-state index >= 15 is 0 Å². The first-order valence-corrected chi connectivity index (χ1v) is 13.4. The van der Waals surface area contributed by atoms with Gasteiger partial charge >= 0.3 is 6.09 Å². The molecule has 8 nitrogen and oxygen atoms in total. The van der Waals surface area contributed by atoms with Crippen molar-refractivity contribution in [3.05, 3.63) is 48.0 Å². The van der Waals surface area contributed by atoms with Crippen LogP contribution in [0.4, 0.5) is 16.4 Å². The Kier molecular flexibility index (Phi) is 8.51. The zero-order valence-electron chi connectivity index (χ0n) is 17.4. The van der Waals surface area contributed by atoms with Gasteiger partial charge in [0.25, 0.3) is 0 Å². The van der Waals surface area contributed by atoms with Gasteiger partial charge in [-0.2, -0.15) is 0 Å². The number of thioether (sulfide) groups is 1. The highest BCUT2D eigenvalue weighted by Gasteiger charge is 2.14. The van der Waals surface area contributed by atoms with Crippen LogP contribution in [0.3, 0.4) is 0 Å². The Morgan fingerprint density at radius 2 is 2.09 bits per heavy atom. The smallest absolute Gasteiger partial charge is 0.418 e. The molecule has 0 saturated carbocycles. The number of aliphatic hydroxyl groups excluding tert-OH is 1. The highest BCUT2D eigenvalue weighted by molar-refractivity contribution is 7.99. The number of anilines is 2. The van der Waals surface area contributed by atoms with Crippen LogP contribution in [-0.2, 0) is 14.4 Å². The standard InChI is InChI=1S/C21H24N4O4S3/c1-3-29-21(27)25-32(2,28)16-9-7-15(8-10-16)23-20-22-14-17(18-6-4-12-30-18)19(24-20)31-13-5-11-26/h4,6-10,12,14,26H,2-3,5,11,13H2,1H3,(H,22,23,24)(H,25,27,28). The van der Waals surface area contributed by atoms with E-state index in [1.54, 1.807) is 60.5 Å². The molecule has 2 aromatic heterocycles. The zero-order valence-corrected chi connectivity index (χ0v) is 19.9. The maximum atomic E-state index is 12.7. The normalized spacial score (nSPS) is 12.7. The number of carbonyl (C=O) groups excluding carboxylic acids is 1. The van der Waals surface area contributed by atoms with Crippen LogP contribution in [0.1, 0.15) is 13.3 Å². The molecular formula is C21H24N4O4S3. The lowest BCUT2D eigenvalue weighted by Crippen LogP contribution is -2.30. The predicted molar refractivity (Wildman–Crippen MR) is 131 cm³/mol. The van der Waals surface area contributed by atoms with Crippen molar-refractivity contribution >= 4 is 56.4 Å². The summed E-state index contributed by atoms with van der Waals surface area (Å²) >= 11 is 3.18. The minimum atomic E-state index is -3.03. The number of ether oxygens (including phenoxy) is 1. The topological polar surface area (TPSA) is 113 Å². The number of nitrogens with zero attached hydrogens (tertiary/aromatic N) is 2. The number of carbonyl (C=O) groups is 1. The lowest BCUT2D eigenvalue weighted by molar-refractivity contribution is 0.159. The van der Waals surface area contributed by atoms with E-state index in [9.17, 15) is 9.00 Å². The van der Waals surface area contributed by atoms with E-state index < -0.39 is 15.8 Å². The summed E-state index contributed by atoms with van der Waals surface area (Å²) in [4.78, 5) is 22.1. The Balaban J connectivity index is 1.76. The summed E-state index contributed by atoms with van der Waals surface area (Å²) < 4.78 is 19.7. The van der Waals surface area contributed by atoms with Crippen molar-refractivity contribution in [3.8, 4) is 10.4 Å². The van der Waals surface area contributed by atoms with E-state index in [0.717, 1.165) is 21.2 Å². The van der Waals surface area contributed by atoms with E-state index in [1.807, 2.05) is 17.5 Å². The van der Waals surface area contributed by atoms with Gasteiger partial charge in [0.2, 0.25) is 5.95 Å². The number of aliphatic hydroxyl groups is 1. The molecule has 170 valence electrons. The summed E-state index contributed by atoms with van der Waals surface area (Å²) in [5.41, 5.74) is 1.64. The molecule has 0 radical (unpaired) electrons. The molecule has 0 aliphatic carbocycles. The number of rotatable bonds is 10. The number of amides is 1. The van der Waals surface area contributed by atoms with Crippen LogP contribution in [-0.4, -0.2) is 50.2 Å². The molecule has 1 amide bonds. The number of hydrogen-bond donors (Lipinski definition) is 3. The molecule has 3 rings (SSSR count). The SMILES string of the molecule is C=S(=O)(NC(=O)OCC)c1ccc(Nc2ncc(-c3cccs3)c(SCCCO)n2)cc1. The third-order valence-electron chi connectivity index (χ3n) is 4.10. The van der Waals surface area contributed by atoms with Crippen molar-refractivity contribution in [1.82, 2.24) is 14.7 Å². The largest absolute Gasteiger partial charge is 0.449 e. The molecule has 1 atom stereocenters. The second-order valence-corrected chi connectivity index (χ2v) is 10.5. The van der Waals surface area contributed by atoms with Crippen LogP contribution in [0.5, 0.6) is 0 Å². The lowest BCUT2D eigenvalue weighted by Gasteiger charge is -2.13. The molecule has 11 heteroatoms. The summed E-state index contributed by atoms with van der Waals surface area (Å²) in [5, 5.41) is 15.1. The Morgan fingerprint density at radius 3 is 2.75 bits per heavy atom. The Hall–Kier alpha value is -2.60. The monoisotopic (exact) mass is 492 g/mol. The molecule has 0 aliphatic rings. The summed E-state index contributed by atoms with van der Waals surface area (Å²) in [6, 6.07) is 10.6. The van der Waals surface area contributed by atoms with Gasteiger partial charge in [0.15, 0.2) is 0 Å². The second-order valence-electron chi connectivity index (χ2n) is 6.46. The number of benzene rings is 1. The fourth-order valence-corrected chi connectivity index (χ4v) is 5.37. The minimum absolute atomic E-state index is 0.129. The zero-order chi connectivity index (χ0) is 23.0. The summed E-state index contributed by atoms with van der Waals surface area (Å²) in [6.45, 7) is 1.97. The highest BCUT2D eigenvalue weighted by atomic mass is 32.2. The maximum absolute atomic E-state index is 12.7. The van der Waals surface area contributed by atoms with Gasteiger partial charge in [0.1, 0.15) is 5.03 Å². The van der Waals surface area contributed by atoms with E-state index in [4.69, 9.17) is 9.84 Å². The van der Waals surface area contributed by atoms with Crippen molar-refractivity contribution in [1.29, 1.82) is 0 Å². The van der Waals surface area contributed by atoms with Crippen LogP contribution in [0.2, 0.25) is 0 Å². The quantitative estimate of drug-likeness (QED) is 0.167. The fraction of sp³-hybridized carbons (Fsp3) is 0.238. The molecule has 3 N–H and O–H groups in total. The number of thiophene rings is 1. The number of aromatic nitrogens is 2. The first kappa shape index (κ1) is 24.1. The number of nitrogens with one attached hydrogen (secondary N) is 2. The first-order chi connectivity index (χ1) is 15.4. The molecule has 0 fully saturated rings. The van der Waals surface area contributed by atoms with Gasteiger partial charge in [-0.05, 0) is 54.9 Å². The van der Waals surface area contributed by atoms with Gasteiger partial charge < -0.3 is 15.2 Å². The first-order valence-electron chi connectivity index (χ1n) is 9.76. The average molecular weight is 493 g/mol. The molecule has 2 heterocycles. The molecule has 0 spiro atoms. The summed E-state index contributed by atoms with van der Waals surface area (Å²) in [6.07, 6.45) is 1.68. The highest BCUT2D eigenvalue weighted by Crippen LogP contribution is 2.33. The predicted octanol–water partition coefficient (Wildman–Crippen LogP) is 4.16. The molecule has 0 saturated heterocycles. The van der Waals surface area contributed by atoms with Gasteiger partial charge in [-0.3, -0.25) is 0 Å². The van der Waals surface area contributed by atoms with Crippen LogP contribution < -0.4 is 10.0 Å². The lowest BCUT2D eigenvalue weighted by atomic mass is 10.3. The maximum Gasteiger partial charge on any atom is 0.418 e. The summed E-state index contributed by atoms with van der Waals surface area (Å²) in [5.74, 6) is 4.77. The second kappa shape index (κ2) is 11.3. The molecule has 1 unspecified atom stereocenters. The molecule has 0 bridgehead atoms. The van der Waals surface area contributed by atoms with Gasteiger partial charge in [-0.25, -0.2) is 23.7 Å². The Bertz CT molecular complexity index is 1130. The van der Waals surface area contributed by atoms with Gasteiger partial charge in [0, 0.05) is 39.6 Å². The molecule has 0 aliphatic heterocycles. The number of hydrogen-bond acceptors (Lipinski definition) is 9. The van der Waals surface area contributed by atoms with Crippen LogP contribution >= 0.6 is 23.1 Å². The van der Waals surface area contributed by atoms with Crippen molar-refractivity contribution in [3.63, 3.8) is 0 Å². The van der Waals surface area contributed by atoms with Crippen molar-refractivity contribution in [2.45, 2.75) is 23.3 Å². The van der Waals surface area contributed by atoms with Gasteiger partial charge in [-0.15, -0.1) is 23.1 Å². The van der Waals surface area contributed by atoms with Crippen LogP contribution in [0.15, 0.2) is 57.9 Å². The minimum Gasteiger partial charge on any atom is -0.449 e. The van der Waals surface area contributed by atoms with Gasteiger partial charge in [-0.1, -0.05) is 6.07 Å². The molecule has 32 heavy (non-hydrogen) atoms. The fourth-order valence-electron chi connectivity index (χ4n) is 2.61. The van der Waals surface area contributed by atoms with Crippen molar-refractivity contribution < 1.29 is 18.8 Å². The molecule has 1 aromatic carbocycles. The van der Waals surface area contributed by atoms with Crippen molar-refractivity contribution in [2.24, 2.45) is 0 Å². The molecular weight excluding hydrogens is 468 g/mol. The van der Waals surface area contributed by atoms with Crippen LogP contribution in [0, 0.1) is 0 Å². The van der Waals surface area contributed by atoms with Gasteiger partial charge in [0.05, 0.1) is 16.3 Å². The Morgan fingerprint density at radius 1 is 1.31 bits per heavy atom. The van der Waals surface area contributed by atoms with E-state index in [-0.39, 0.29) is 13.2 Å². The van der Waals surface area contributed by atoms with Crippen molar-refractivity contribution in [2.75, 3.05) is 24.3 Å².